The lowest BCUT2D eigenvalue weighted by Crippen LogP contribution is -2.38. The molecule has 0 rings (SSSR count). The smallest absolute Gasteiger partial charge is 0.306 e. The normalized spacial score (nSPS) is 12.9. The monoisotopic (exact) mass is 203 g/mol. The molecule has 0 heterocycles. The van der Waals surface area contributed by atoms with Gasteiger partial charge in [-0.05, 0) is 5.92 Å². The summed E-state index contributed by atoms with van der Waals surface area (Å²) in [5, 5.41) is 3.26. The van der Waals surface area contributed by atoms with E-state index in [0.29, 0.717) is 31.5 Å². The molecule has 0 bridgehead atoms. The summed E-state index contributed by atoms with van der Waals surface area (Å²) in [6.45, 7) is 5.54. The minimum absolute atomic E-state index is 0.183. The minimum Gasteiger partial charge on any atom is -0.469 e. The van der Waals surface area contributed by atoms with E-state index in [0.717, 1.165) is 0 Å². The molecule has 0 radical (unpaired) electrons. The molecule has 0 aliphatic heterocycles. The summed E-state index contributed by atoms with van der Waals surface area (Å²) in [5.74, 6) is 0.310. The second-order valence-electron chi connectivity index (χ2n) is 3.59. The SMILES string of the molecule is COCC(NCCC(=O)OC)C(C)C. The van der Waals surface area contributed by atoms with Crippen molar-refractivity contribution in [1.82, 2.24) is 5.32 Å². The van der Waals surface area contributed by atoms with Gasteiger partial charge in [-0.15, -0.1) is 0 Å². The first-order valence-corrected chi connectivity index (χ1v) is 4.91. The second kappa shape index (κ2) is 7.76. The van der Waals surface area contributed by atoms with Gasteiger partial charge in [0.05, 0.1) is 20.1 Å². The number of hydrogen-bond acceptors (Lipinski definition) is 4. The summed E-state index contributed by atoms with van der Waals surface area (Å²) in [7, 11) is 3.08. The number of esters is 1. The zero-order chi connectivity index (χ0) is 11.0. The highest BCUT2D eigenvalue weighted by Gasteiger charge is 2.12. The largest absolute Gasteiger partial charge is 0.469 e. The molecule has 0 amide bonds. The molecule has 0 aromatic carbocycles. The van der Waals surface area contributed by atoms with Crippen LogP contribution in [0.4, 0.5) is 0 Å². The van der Waals surface area contributed by atoms with E-state index < -0.39 is 0 Å². The highest BCUT2D eigenvalue weighted by Crippen LogP contribution is 2.01. The number of nitrogens with one attached hydrogen (secondary N) is 1. The Morgan fingerprint density at radius 2 is 2.00 bits per heavy atom. The van der Waals surface area contributed by atoms with E-state index in [2.05, 4.69) is 23.9 Å². The third kappa shape index (κ3) is 5.94. The Morgan fingerprint density at radius 3 is 2.43 bits per heavy atom. The topological polar surface area (TPSA) is 47.6 Å². The van der Waals surface area contributed by atoms with Crippen molar-refractivity contribution in [3.05, 3.63) is 0 Å². The maximum absolute atomic E-state index is 10.8. The van der Waals surface area contributed by atoms with Gasteiger partial charge in [-0.25, -0.2) is 0 Å². The molecule has 0 aromatic heterocycles. The lowest BCUT2D eigenvalue weighted by atomic mass is 10.1. The van der Waals surface area contributed by atoms with Crippen molar-refractivity contribution < 1.29 is 14.3 Å². The summed E-state index contributed by atoms with van der Waals surface area (Å²) in [6, 6.07) is 0.296. The van der Waals surface area contributed by atoms with Crippen LogP contribution in [-0.2, 0) is 14.3 Å². The molecule has 0 fully saturated rings. The molecule has 14 heavy (non-hydrogen) atoms. The predicted octanol–water partition coefficient (Wildman–Crippen LogP) is 0.810. The highest BCUT2D eigenvalue weighted by atomic mass is 16.5. The standard InChI is InChI=1S/C10H21NO3/c1-8(2)9(7-13-3)11-6-5-10(12)14-4/h8-9,11H,5-7H2,1-4H3. The molecule has 0 aliphatic carbocycles. The van der Waals surface area contributed by atoms with Crippen molar-refractivity contribution in [2.45, 2.75) is 26.3 Å². The van der Waals surface area contributed by atoms with Crippen LogP contribution in [0, 0.1) is 5.92 Å². The van der Waals surface area contributed by atoms with Crippen LogP contribution in [0.2, 0.25) is 0 Å². The Labute approximate surface area is 86.0 Å². The average molecular weight is 203 g/mol. The lowest BCUT2D eigenvalue weighted by molar-refractivity contribution is -0.140. The molecular weight excluding hydrogens is 182 g/mol. The van der Waals surface area contributed by atoms with Crippen LogP contribution in [-0.4, -0.2) is 39.4 Å². The van der Waals surface area contributed by atoms with Gasteiger partial charge in [0.25, 0.3) is 0 Å². The molecule has 1 N–H and O–H groups in total. The van der Waals surface area contributed by atoms with Crippen LogP contribution in [0.5, 0.6) is 0 Å². The van der Waals surface area contributed by atoms with Gasteiger partial charge in [0.2, 0.25) is 0 Å². The van der Waals surface area contributed by atoms with Crippen LogP contribution in [0.3, 0.4) is 0 Å². The molecule has 0 aromatic rings. The van der Waals surface area contributed by atoms with Gasteiger partial charge in [0.15, 0.2) is 0 Å². The van der Waals surface area contributed by atoms with E-state index in [1.165, 1.54) is 7.11 Å². The zero-order valence-corrected chi connectivity index (χ0v) is 9.50. The van der Waals surface area contributed by atoms with Crippen LogP contribution in [0.25, 0.3) is 0 Å². The number of carbonyl (C=O) groups excluding carboxylic acids is 1. The van der Waals surface area contributed by atoms with Crippen LogP contribution in [0.1, 0.15) is 20.3 Å². The van der Waals surface area contributed by atoms with Gasteiger partial charge in [-0.2, -0.15) is 0 Å². The van der Waals surface area contributed by atoms with Gasteiger partial charge < -0.3 is 14.8 Å². The number of ether oxygens (including phenoxy) is 2. The van der Waals surface area contributed by atoms with Crippen LogP contribution < -0.4 is 5.32 Å². The predicted molar refractivity (Wildman–Crippen MR) is 55.1 cm³/mol. The molecule has 0 aliphatic rings. The molecule has 0 saturated carbocycles. The van der Waals surface area contributed by atoms with E-state index in [9.17, 15) is 4.79 Å². The maximum atomic E-state index is 10.8. The Hall–Kier alpha value is -0.610. The van der Waals surface area contributed by atoms with E-state index in [1.807, 2.05) is 0 Å². The van der Waals surface area contributed by atoms with Crippen LogP contribution in [0.15, 0.2) is 0 Å². The number of rotatable bonds is 7. The zero-order valence-electron chi connectivity index (χ0n) is 9.50. The van der Waals surface area contributed by atoms with Crippen molar-refractivity contribution in [3.63, 3.8) is 0 Å². The Morgan fingerprint density at radius 1 is 1.36 bits per heavy atom. The second-order valence-corrected chi connectivity index (χ2v) is 3.59. The van der Waals surface area contributed by atoms with Gasteiger partial charge in [-0.3, -0.25) is 4.79 Å². The number of carbonyl (C=O) groups is 1. The average Bonchev–Trinajstić information content (AvgIpc) is 2.16. The molecule has 4 nitrogen and oxygen atoms in total. The van der Waals surface area contributed by atoms with Crippen molar-refractivity contribution >= 4 is 5.97 Å². The fraction of sp³-hybridized carbons (Fsp3) is 0.900. The first kappa shape index (κ1) is 13.4. The van der Waals surface area contributed by atoms with Gasteiger partial charge in [0.1, 0.15) is 0 Å². The van der Waals surface area contributed by atoms with Crippen molar-refractivity contribution in [3.8, 4) is 0 Å². The first-order chi connectivity index (χ1) is 6.61. The van der Waals surface area contributed by atoms with Gasteiger partial charge in [-0.1, -0.05) is 13.8 Å². The summed E-state index contributed by atoms with van der Waals surface area (Å²) < 4.78 is 9.61. The van der Waals surface area contributed by atoms with Gasteiger partial charge in [0, 0.05) is 19.7 Å². The molecule has 1 unspecified atom stereocenters. The highest BCUT2D eigenvalue weighted by molar-refractivity contribution is 5.69. The Kier molecular flexibility index (Phi) is 7.42. The molecule has 0 saturated heterocycles. The Balaban J connectivity index is 3.65. The minimum atomic E-state index is -0.183. The third-order valence-electron chi connectivity index (χ3n) is 2.11. The van der Waals surface area contributed by atoms with E-state index in [1.54, 1.807) is 7.11 Å². The van der Waals surface area contributed by atoms with Crippen molar-refractivity contribution in [2.24, 2.45) is 5.92 Å². The summed E-state index contributed by atoms with van der Waals surface area (Å²) in [4.78, 5) is 10.8. The summed E-state index contributed by atoms with van der Waals surface area (Å²) in [6.07, 6.45) is 0.406. The molecule has 0 spiro atoms. The quantitative estimate of drug-likeness (QED) is 0.622. The maximum Gasteiger partial charge on any atom is 0.306 e. The summed E-state index contributed by atoms with van der Waals surface area (Å²) >= 11 is 0. The Bertz CT molecular complexity index is 159. The first-order valence-electron chi connectivity index (χ1n) is 4.91. The van der Waals surface area contributed by atoms with E-state index in [4.69, 9.17) is 4.74 Å². The fourth-order valence-corrected chi connectivity index (χ4v) is 1.13. The third-order valence-corrected chi connectivity index (χ3v) is 2.11. The van der Waals surface area contributed by atoms with Crippen molar-refractivity contribution in [1.29, 1.82) is 0 Å². The number of hydrogen-bond donors (Lipinski definition) is 1. The van der Waals surface area contributed by atoms with Crippen molar-refractivity contribution in [2.75, 3.05) is 27.4 Å². The molecule has 4 heteroatoms. The molecule has 1 atom stereocenters. The molecular formula is C10H21NO3. The van der Waals surface area contributed by atoms with Crippen LogP contribution >= 0.6 is 0 Å². The number of methoxy groups -OCH3 is 2. The fourth-order valence-electron chi connectivity index (χ4n) is 1.13. The summed E-state index contributed by atoms with van der Waals surface area (Å²) in [5.41, 5.74) is 0. The van der Waals surface area contributed by atoms with Gasteiger partial charge >= 0.3 is 5.97 Å². The molecule has 84 valence electrons. The van der Waals surface area contributed by atoms with E-state index in [-0.39, 0.29) is 5.97 Å². The van der Waals surface area contributed by atoms with E-state index >= 15 is 0 Å². The lowest BCUT2D eigenvalue weighted by Gasteiger charge is -2.21.